The molecule has 0 bridgehead atoms. The van der Waals surface area contributed by atoms with Gasteiger partial charge >= 0.3 is 11.9 Å². The van der Waals surface area contributed by atoms with Gasteiger partial charge in [-0.15, -0.1) is 0 Å². The second-order valence-electron chi connectivity index (χ2n) is 13.8. The fraction of sp³-hybridized carbons (Fsp3) is 0.641. The van der Waals surface area contributed by atoms with Crippen molar-refractivity contribution in [3.8, 4) is 17.2 Å². The molecule has 2 rings (SSSR count). The van der Waals surface area contributed by atoms with Crippen LogP contribution in [0.4, 0.5) is 0 Å². The van der Waals surface area contributed by atoms with Crippen LogP contribution in [0.3, 0.4) is 0 Å². The largest absolute Gasteiger partial charge is 0.508 e. The van der Waals surface area contributed by atoms with E-state index >= 15 is 0 Å². The summed E-state index contributed by atoms with van der Waals surface area (Å²) in [6.07, 6.45) is 11.9. The zero-order valence-electron chi connectivity index (χ0n) is 29.8. The van der Waals surface area contributed by atoms with Crippen LogP contribution >= 0.6 is 0 Å². The van der Waals surface area contributed by atoms with Crippen molar-refractivity contribution in [3.05, 3.63) is 53.1 Å². The van der Waals surface area contributed by atoms with Gasteiger partial charge in [0, 0.05) is 24.0 Å². The van der Waals surface area contributed by atoms with Crippen LogP contribution in [-0.2, 0) is 29.9 Å². The molecule has 46 heavy (non-hydrogen) atoms. The summed E-state index contributed by atoms with van der Waals surface area (Å²) in [6, 6.07) is 10.4. The number of phenols is 3. The van der Waals surface area contributed by atoms with Crippen molar-refractivity contribution in [2.75, 3.05) is 13.2 Å². The highest BCUT2D eigenvalue weighted by molar-refractivity contribution is 5.69. The van der Waals surface area contributed by atoms with Gasteiger partial charge in [0.15, 0.2) is 0 Å². The van der Waals surface area contributed by atoms with E-state index in [2.05, 4.69) is 13.8 Å². The summed E-state index contributed by atoms with van der Waals surface area (Å²) in [5.41, 5.74) is 1.64. The first-order chi connectivity index (χ1) is 21.7. The normalized spacial score (nSPS) is 11.5. The second kappa shape index (κ2) is 21.6. The zero-order chi connectivity index (χ0) is 34.6. The van der Waals surface area contributed by atoms with Crippen molar-refractivity contribution in [1.29, 1.82) is 0 Å². The first-order valence-electron chi connectivity index (χ1n) is 17.4. The van der Waals surface area contributed by atoms with Gasteiger partial charge in [-0.05, 0) is 80.5 Å². The molecule has 0 atom stereocenters. The van der Waals surface area contributed by atoms with Crippen LogP contribution < -0.4 is 0 Å². The van der Waals surface area contributed by atoms with E-state index in [1.165, 1.54) is 5.56 Å². The summed E-state index contributed by atoms with van der Waals surface area (Å²) in [5, 5.41) is 30.6. The average molecular weight is 643 g/mol. The van der Waals surface area contributed by atoms with E-state index in [0.717, 1.165) is 51.4 Å². The van der Waals surface area contributed by atoms with Crippen LogP contribution in [0.5, 0.6) is 17.2 Å². The Morgan fingerprint density at radius 3 is 1.35 bits per heavy atom. The van der Waals surface area contributed by atoms with Gasteiger partial charge in [0.1, 0.15) is 17.2 Å². The van der Waals surface area contributed by atoms with Crippen molar-refractivity contribution < 1.29 is 34.4 Å². The molecule has 0 unspecified atom stereocenters. The van der Waals surface area contributed by atoms with Crippen LogP contribution in [0.15, 0.2) is 36.4 Å². The number of hydrogen-bond acceptors (Lipinski definition) is 7. The molecule has 0 aliphatic heterocycles. The maximum atomic E-state index is 12.1. The van der Waals surface area contributed by atoms with Crippen molar-refractivity contribution >= 4 is 11.9 Å². The van der Waals surface area contributed by atoms with Gasteiger partial charge in [-0.25, -0.2) is 0 Å². The van der Waals surface area contributed by atoms with Crippen molar-refractivity contribution in [1.82, 2.24) is 0 Å². The van der Waals surface area contributed by atoms with Crippen LogP contribution in [-0.4, -0.2) is 40.5 Å². The van der Waals surface area contributed by atoms with Gasteiger partial charge in [0.25, 0.3) is 0 Å². The molecule has 0 spiro atoms. The number of unbranched alkanes of at least 4 members (excludes halogenated alkanes) is 6. The Balaban J connectivity index is 0.00000114. The highest BCUT2D eigenvalue weighted by Gasteiger charge is 2.30. The molecule has 0 aromatic heterocycles. The molecule has 0 radical (unpaired) electrons. The summed E-state index contributed by atoms with van der Waals surface area (Å²) in [6.45, 7) is 15.3. The van der Waals surface area contributed by atoms with E-state index in [0.29, 0.717) is 68.6 Å². The maximum Gasteiger partial charge on any atom is 0.305 e. The highest BCUT2D eigenvalue weighted by atomic mass is 16.5. The third-order valence-corrected chi connectivity index (χ3v) is 8.49. The Morgan fingerprint density at radius 1 is 0.609 bits per heavy atom. The lowest BCUT2D eigenvalue weighted by atomic mass is 9.75. The number of hydrogen-bond donors (Lipinski definition) is 3. The fourth-order valence-corrected chi connectivity index (χ4v) is 5.40. The standard InChI is InChI=1S/C32H54O6.C7H8O/c1-7-9-11-13-21-37-29(35)17-15-19-31(3,4)25-23-28(34)26(24-27(25)33)32(5,6)20-16-18-30(36)38-22-14-12-10-8-2;1-6-2-4-7(8)5-3-6/h23-24,33-34H,7-22H2,1-6H3;2-5,8H,1H3. The van der Waals surface area contributed by atoms with Crippen molar-refractivity contribution in [2.24, 2.45) is 0 Å². The monoisotopic (exact) mass is 642 g/mol. The Hall–Kier alpha value is -3.22. The summed E-state index contributed by atoms with van der Waals surface area (Å²) < 4.78 is 10.7. The van der Waals surface area contributed by atoms with Crippen molar-refractivity contribution in [3.63, 3.8) is 0 Å². The topological polar surface area (TPSA) is 113 Å². The number of benzene rings is 2. The lowest BCUT2D eigenvalue weighted by molar-refractivity contribution is -0.144. The number of phenolic OH excluding ortho intramolecular Hbond substituents is 3. The first kappa shape index (κ1) is 40.8. The first-order valence-corrected chi connectivity index (χ1v) is 17.4. The maximum absolute atomic E-state index is 12.1. The molecular weight excluding hydrogens is 580 g/mol. The summed E-state index contributed by atoms with van der Waals surface area (Å²) in [4.78, 5) is 24.1. The van der Waals surface area contributed by atoms with E-state index in [4.69, 9.17) is 14.6 Å². The Kier molecular flexibility index (Phi) is 19.1. The number of aromatic hydroxyl groups is 3. The quantitative estimate of drug-likeness (QED) is 0.0748. The predicted molar refractivity (Wildman–Crippen MR) is 187 cm³/mol. The van der Waals surface area contributed by atoms with E-state index in [1.807, 2.05) is 46.8 Å². The molecule has 0 aliphatic rings. The molecule has 0 amide bonds. The lowest BCUT2D eigenvalue weighted by Gasteiger charge is -2.30. The summed E-state index contributed by atoms with van der Waals surface area (Å²) in [7, 11) is 0. The molecule has 0 aliphatic carbocycles. The number of ether oxygens (including phenoxy) is 2. The van der Waals surface area contributed by atoms with Gasteiger partial charge in [-0.2, -0.15) is 0 Å². The average Bonchev–Trinajstić information content (AvgIpc) is 2.99. The van der Waals surface area contributed by atoms with Gasteiger partial charge in [0.05, 0.1) is 13.2 Å². The van der Waals surface area contributed by atoms with Crippen LogP contribution in [0.1, 0.15) is 148 Å². The van der Waals surface area contributed by atoms with E-state index < -0.39 is 10.8 Å². The molecule has 260 valence electrons. The molecule has 2 aromatic rings. The van der Waals surface area contributed by atoms with Crippen LogP contribution in [0.25, 0.3) is 0 Å². The van der Waals surface area contributed by atoms with Crippen LogP contribution in [0.2, 0.25) is 0 Å². The minimum atomic E-state index is -0.424. The molecule has 0 saturated heterocycles. The summed E-state index contributed by atoms with van der Waals surface area (Å²) in [5.74, 6) is 0.251. The zero-order valence-corrected chi connectivity index (χ0v) is 29.8. The van der Waals surface area contributed by atoms with E-state index in [1.54, 1.807) is 24.3 Å². The summed E-state index contributed by atoms with van der Waals surface area (Å²) >= 11 is 0. The van der Waals surface area contributed by atoms with Gasteiger partial charge in [-0.1, -0.05) is 97.8 Å². The molecule has 0 saturated carbocycles. The molecule has 7 nitrogen and oxygen atoms in total. The molecule has 3 N–H and O–H groups in total. The van der Waals surface area contributed by atoms with Gasteiger partial charge < -0.3 is 24.8 Å². The number of aryl methyl sites for hydroxylation is 1. The number of esters is 2. The molecule has 0 fully saturated rings. The fourth-order valence-electron chi connectivity index (χ4n) is 5.40. The van der Waals surface area contributed by atoms with E-state index in [-0.39, 0.29) is 23.4 Å². The van der Waals surface area contributed by atoms with Crippen molar-refractivity contribution in [2.45, 2.75) is 149 Å². The Morgan fingerprint density at radius 2 is 1.00 bits per heavy atom. The van der Waals surface area contributed by atoms with Gasteiger partial charge in [-0.3, -0.25) is 9.59 Å². The highest BCUT2D eigenvalue weighted by Crippen LogP contribution is 2.43. The smallest absolute Gasteiger partial charge is 0.305 e. The van der Waals surface area contributed by atoms with Crippen LogP contribution in [0, 0.1) is 6.92 Å². The van der Waals surface area contributed by atoms with Gasteiger partial charge in [0.2, 0.25) is 0 Å². The molecular formula is C39H62O7. The minimum absolute atomic E-state index is 0.140. The third-order valence-electron chi connectivity index (χ3n) is 8.49. The lowest BCUT2D eigenvalue weighted by Crippen LogP contribution is -2.21. The minimum Gasteiger partial charge on any atom is -0.508 e. The molecule has 2 aromatic carbocycles. The molecule has 0 heterocycles. The second-order valence-corrected chi connectivity index (χ2v) is 13.8. The predicted octanol–water partition coefficient (Wildman–Crippen LogP) is 9.94. The number of carbonyl (C=O) groups excluding carboxylic acids is 2. The molecule has 7 heteroatoms. The Labute approximate surface area is 278 Å². The SMILES string of the molecule is CCCCCCOC(=O)CCCC(C)(C)c1cc(O)c(C(C)(C)CCCC(=O)OCCCCCC)cc1O.Cc1ccc(O)cc1. The number of rotatable bonds is 20. The third kappa shape index (κ3) is 16.4. The number of carbonyl (C=O) groups is 2. The Bertz CT molecular complexity index is 1060. The van der Waals surface area contributed by atoms with E-state index in [9.17, 15) is 19.8 Å².